The molecule has 3 aromatic rings. The number of alkyl halides is 3. The fraction of sp³-hybridized carbons (Fsp3) is 0.136. The molecule has 1 amide bonds. The number of carbonyl (C=O) groups excluding carboxylic acids is 1. The maximum Gasteiger partial charge on any atom is 0.416 e. The van der Waals surface area contributed by atoms with Crippen LogP contribution in [0, 0.1) is 0 Å². The molecule has 1 atom stereocenters. The van der Waals surface area contributed by atoms with Crippen molar-refractivity contribution in [2.45, 2.75) is 17.8 Å². The van der Waals surface area contributed by atoms with Crippen molar-refractivity contribution in [2.24, 2.45) is 10.2 Å². The largest absolute Gasteiger partial charge is 0.455 e. The maximum atomic E-state index is 12.9. The van der Waals surface area contributed by atoms with E-state index in [9.17, 15) is 18.0 Å². The van der Waals surface area contributed by atoms with E-state index in [1.807, 2.05) is 0 Å². The summed E-state index contributed by atoms with van der Waals surface area (Å²) < 4.78 is 44.3. The van der Waals surface area contributed by atoms with Crippen molar-refractivity contribution in [3.63, 3.8) is 0 Å². The molecule has 0 radical (unpaired) electrons. The summed E-state index contributed by atoms with van der Waals surface area (Å²) in [5.41, 5.74) is 0.275. The summed E-state index contributed by atoms with van der Waals surface area (Å²) in [5, 5.41) is 11.2. The molecule has 1 aliphatic rings. The minimum absolute atomic E-state index is 0.227. The number of hydrogen-bond donors (Lipinski definition) is 1. The second-order valence-electron chi connectivity index (χ2n) is 6.94. The van der Waals surface area contributed by atoms with Crippen LogP contribution in [0.4, 0.5) is 13.2 Å². The molecule has 4 rings (SSSR count). The number of nitrogens with one attached hydrogen (secondary N) is 1. The average Bonchev–Trinajstić information content (AvgIpc) is 3.38. The maximum absolute atomic E-state index is 12.9. The van der Waals surface area contributed by atoms with Gasteiger partial charge >= 0.3 is 6.18 Å². The Hall–Kier alpha value is -2.75. The van der Waals surface area contributed by atoms with E-state index in [1.54, 1.807) is 30.3 Å². The zero-order valence-corrected chi connectivity index (χ0v) is 18.9. The summed E-state index contributed by atoms with van der Waals surface area (Å²) in [6.45, 7) is 0. The molecule has 1 saturated heterocycles. The molecule has 1 N–H and O–H groups in total. The van der Waals surface area contributed by atoms with Crippen molar-refractivity contribution in [1.82, 2.24) is 5.32 Å². The predicted molar refractivity (Wildman–Crippen MR) is 124 cm³/mol. The van der Waals surface area contributed by atoms with Gasteiger partial charge in [0, 0.05) is 5.56 Å². The highest BCUT2D eigenvalue weighted by molar-refractivity contribution is 8.15. The molecule has 0 saturated carbocycles. The quantitative estimate of drug-likeness (QED) is 0.316. The van der Waals surface area contributed by atoms with E-state index in [2.05, 4.69) is 15.5 Å². The molecule has 5 nitrogen and oxygen atoms in total. The molecule has 1 aromatic heterocycles. The van der Waals surface area contributed by atoms with Crippen LogP contribution in [0.1, 0.15) is 16.9 Å². The van der Waals surface area contributed by atoms with Crippen molar-refractivity contribution in [3.05, 3.63) is 81.5 Å². The second kappa shape index (κ2) is 9.62. The molecule has 0 bridgehead atoms. The Balaban J connectivity index is 1.41. The smallest absolute Gasteiger partial charge is 0.416 e. The molecular formula is C22H14Cl2F3N3O2S. The number of hydrogen-bond acceptors (Lipinski definition) is 5. The van der Waals surface area contributed by atoms with Gasteiger partial charge in [0.15, 0.2) is 5.17 Å². The highest BCUT2D eigenvalue weighted by atomic mass is 35.5. The van der Waals surface area contributed by atoms with Crippen LogP contribution in [0.25, 0.3) is 11.3 Å². The molecule has 2 heterocycles. The second-order valence-corrected chi connectivity index (χ2v) is 8.92. The third-order valence-electron chi connectivity index (χ3n) is 4.65. The van der Waals surface area contributed by atoms with Gasteiger partial charge in [-0.15, -0.1) is 5.10 Å². The van der Waals surface area contributed by atoms with Crippen LogP contribution in [0.3, 0.4) is 0 Å². The van der Waals surface area contributed by atoms with E-state index in [1.165, 1.54) is 30.1 Å². The van der Waals surface area contributed by atoms with E-state index in [0.29, 0.717) is 27.4 Å². The van der Waals surface area contributed by atoms with Crippen molar-refractivity contribution in [2.75, 3.05) is 0 Å². The number of carbonyl (C=O) groups is 1. The van der Waals surface area contributed by atoms with Crippen LogP contribution in [-0.4, -0.2) is 22.5 Å². The molecule has 170 valence electrons. The first-order valence-corrected chi connectivity index (χ1v) is 11.1. The lowest BCUT2D eigenvalue weighted by molar-refractivity contribution is -0.137. The lowest BCUT2D eigenvalue weighted by Gasteiger charge is -2.08. The Morgan fingerprint density at radius 2 is 1.91 bits per heavy atom. The number of furan rings is 1. The zero-order valence-electron chi connectivity index (χ0n) is 16.6. The lowest BCUT2D eigenvalue weighted by Crippen LogP contribution is -2.26. The molecule has 2 aromatic carbocycles. The van der Waals surface area contributed by atoms with Crippen LogP contribution in [0.2, 0.25) is 10.0 Å². The van der Waals surface area contributed by atoms with E-state index >= 15 is 0 Å². The molecule has 1 unspecified atom stereocenters. The summed E-state index contributed by atoms with van der Waals surface area (Å²) in [5.74, 6) is 0.329. The van der Waals surface area contributed by atoms with Crippen LogP contribution in [0.5, 0.6) is 0 Å². The van der Waals surface area contributed by atoms with E-state index in [0.717, 1.165) is 17.7 Å². The van der Waals surface area contributed by atoms with Gasteiger partial charge in [-0.1, -0.05) is 59.2 Å². The van der Waals surface area contributed by atoms with Gasteiger partial charge < -0.3 is 9.73 Å². The van der Waals surface area contributed by atoms with Crippen molar-refractivity contribution in [1.29, 1.82) is 0 Å². The third kappa shape index (κ3) is 5.61. The SMILES string of the molecule is O=C1N/C(=N/N=C\c2ccc(-c3cccc(C(F)(F)F)c3)o2)SC1Cc1cccc(Cl)c1Cl. The topological polar surface area (TPSA) is 67.0 Å². The number of benzene rings is 2. The number of rotatable bonds is 5. The molecule has 1 fully saturated rings. The van der Waals surface area contributed by atoms with Gasteiger partial charge in [-0.2, -0.15) is 18.3 Å². The van der Waals surface area contributed by atoms with Gasteiger partial charge in [-0.05, 0) is 42.3 Å². The molecular weight excluding hydrogens is 498 g/mol. The minimum atomic E-state index is -4.44. The number of halogens is 5. The number of thioether (sulfide) groups is 1. The fourth-order valence-electron chi connectivity index (χ4n) is 3.06. The molecule has 0 spiro atoms. The lowest BCUT2D eigenvalue weighted by atomic mass is 10.1. The third-order valence-corrected chi connectivity index (χ3v) is 6.58. The molecule has 0 aliphatic carbocycles. The van der Waals surface area contributed by atoms with Crippen molar-refractivity contribution in [3.8, 4) is 11.3 Å². The molecule has 11 heteroatoms. The standard InChI is InChI=1S/C22H14Cl2F3N3O2S/c23-16-6-2-4-13(19(16)24)10-18-20(31)29-21(33-18)30-28-11-15-7-8-17(32-15)12-3-1-5-14(9-12)22(25,26)27/h1-9,11,18H,10H2,(H,29,30,31)/b28-11-. The summed E-state index contributed by atoms with van der Waals surface area (Å²) >= 11 is 13.4. The zero-order chi connectivity index (χ0) is 23.6. The Morgan fingerprint density at radius 3 is 2.70 bits per heavy atom. The van der Waals surface area contributed by atoms with E-state index < -0.39 is 17.0 Å². The Morgan fingerprint density at radius 1 is 1.12 bits per heavy atom. The number of amidine groups is 1. The summed E-state index contributed by atoms with van der Waals surface area (Å²) in [7, 11) is 0. The van der Waals surface area contributed by atoms with Gasteiger partial charge in [0.2, 0.25) is 5.91 Å². The highest BCUT2D eigenvalue weighted by Gasteiger charge is 2.31. The predicted octanol–water partition coefficient (Wildman–Crippen LogP) is 6.44. The van der Waals surface area contributed by atoms with Crippen molar-refractivity contribution >= 4 is 52.3 Å². The van der Waals surface area contributed by atoms with Gasteiger partial charge in [0.05, 0.1) is 27.1 Å². The first-order valence-electron chi connectivity index (χ1n) is 9.49. The Bertz CT molecular complexity index is 1260. The van der Waals surface area contributed by atoms with Gasteiger partial charge in [0.25, 0.3) is 0 Å². The van der Waals surface area contributed by atoms with Gasteiger partial charge in [-0.25, -0.2) is 0 Å². The van der Waals surface area contributed by atoms with Crippen LogP contribution in [-0.2, 0) is 17.4 Å². The normalized spacial score (nSPS) is 17.8. The van der Waals surface area contributed by atoms with Crippen LogP contribution in [0.15, 0.2) is 69.2 Å². The number of amides is 1. The van der Waals surface area contributed by atoms with E-state index in [-0.39, 0.29) is 17.2 Å². The first kappa shape index (κ1) is 23.4. The minimum Gasteiger partial charge on any atom is -0.455 e. The Kier molecular flexibility index (Phi) is 6.83. The average molecular weight is 512 g/mol. The molecule has 33 heavy (non-hydrogen) atoms. The monoisotopic (exact) mass is 511 g/mol. The first-order chi connectivity index (χ1) is 15.7. The molecule has 1 aliphatic heterocycles. The summed E-state index contributed by atoms with van der Waals surface area (Å²) in [6, 6.07) is 13.2. The van der Waals surface area contributed by atoms with Crippen molar-refractivity contribution < 1.29 is 22.4 Å². The van der Waals surface area contributed by atoms with Gasteiger partial charge in [0.1, 0.15) is 11.5 Å². The Labute approximate surface area is 200 Å². The van der Waals surface area contributed by atoms with Crippen LogP contribution >= 0.6 is 35.0 Å². The van der Waals surface area contributed by atoms with Crippen LogP contribution < -0.4 is 5.32 Å². The van der Waals surface area contributed by atoms with E-state index in [4.69, 9.17) is 27.6 Å². The highest BCUT2D eigenvalue weighted by Crippen LogP contribution is 2.33. The number of nitrogens with zero attached hydrogens (tertiary/aromatic N) is 2. The fourth-order valence-corrected chi connectivity index (χ4v) is 4.41. The van der Waals surface area contributed by atoms with Gasteiger partial charge in [-0.3, -0.25) is 4.79 Å². The summed E-state index contributed by atoms with van der Waals surface area (Å²) in [6.07, 6.45) is -2.77. The summed E-state index contributed by atoms with van der Waals surface area (Å²) in [4.78, 5) is 12.2.